The number of aromatic nitrogens is 2. The summed E-state index contributed by atoms with van der Waals surface area (Å²) >= 11 is 0. The van der Waals surface area contributed by atoms with Crippen LogP contribution in [0.2, 0.25) is 0 Å². The lowest BCUT2D eigenvalue weighted by Crippen LogP contribution is -2.45. The van der Waals surface area contributed by atoms with E-state index in [2.05, 4.69) is 20.6 Å². The fourth-order valence-corrected chi connectivity index (χ4v) is 4.17. The molecule has 1 aliphatic rings. The second kappa shape index (κ2) is 9.44. The first kappa shape index (κ1) is 22.5. The van der Waals surface area contributed by atoms with Gasteiger partial charge in [-0.3, -0.25) is 9.59 Å². The highest BCUT2D eigenvalue weighted by molar-refractivity contribution is 6.05. The number of amides is 2. The van der Waals surface area contributed by atoms with Crippen LogP contribution in [0.25, 0.3) is 0 Å². The second-order valence-corrected chi connectivity index (χ2v) is 8.48. The van der Waals surface area contributed by atoms with Crippen LogP contribution in [0.15, 0.2) is 54.7 Å². The normalized spacial score (nSPS) is 14.0. The Hall–Kier alpha value is -3.68. The van der Waals surface area contributed by atoms with Crippen LogP contribution in [0.4, 0.5) is 21.6 Å². The van der Waals surface area contributed by atoms with Crippen molar-refractivity contribution < 1.29 is 14.0 Å². The molecule has 0 fully saturated rings. The van der Waals surface area contributed by atoms with Gasteiger partial charge in [0.25, 0.3) is 5.91 Å². The van der Waals surface area contributed by atoms with Crippen LogP contribution in [0, 0.1) is 5.82 Å². The zero-order chi connectivity index (χ0) is 23.5. The molecule has 0 saturated heterocycles. The van der Waals surface area contributed by atoms with E-state index >= 15 is 0 Å². The lowest BCUT2D eigenvalue weighted by atomic mass is 9.97. The number of nitrogens with one attached hydrogen (secondary N) is 2. The maximum Gasteiger partial charge on any atom is 0.255 e. The van der Waals surface area contributed by atoms with Crippen molar-refractivity contribution >= 4 is 29.0 Å². The van der Waals surface area contributed by atoms with Crippen LogP contribution in [-0.4, -0.2) is 34.2 Å². The third-order valence-corrected chi connectivity index (χ3v) is 5.90. The molecule has 0 spiro atoms. The predicted molar refractivity (Wildman–Crippen MR) is 127 cm³/mol. The van der Waals surface area contributed by atoms with Crippen molar-refractivity contribution in [2.75, 3.05) is 22.1 Å². The number of nitrogens with zero attached hydrogens (tertiary/aromatic N) is 3. The highest BCUT2D eigenvalue weighted by Gasteiger charge is 2.28. The summed E-state index contributed by atoms with van der Waals surface area (Å²) in [5.41, 5.74) is 3.01. The first-order valence-electron chi connectivity index (χ1n) is 11.1. The van der Waals surface area contributed by atoms with E-state index < -0.39 is 6.04 Å². The molecule has 3 aromatic rings. The Labute approximate surface area is 192 Å². The van der Waals surface area contributed by atoms with E-state index in [1.54, 1.807) is 16.9 Å². The maximum atomic E-state index is 13.2. The average Bonchev–Trinajstić information content (AvgIpc) is 3.27. The molecule has 7 nitrogen and oxygen atoms in total. The summed E-state index contributed by atoms with van der Waals surface area (Å²) in [5.74, 6) is -0.137. The molecule has 172 valence electrons. The molecule has 0 bridgehead atoms. The van der Waals surface area contributed by atoms with E-state index in [0.717, 1.165) is 30.6 Å². The van der Waals surface area contributed by atoms with Crippen LogP contribution in [0.3, 0.4) is 0 Å². The fraction of sp³-hybridized carbons (Fsp3) is 0.320. The van der Waals surface area contributed by atoms with Gasteiger partial charge in [0.2, 0.25) is 5.91 Å². The monoisotopic (exact) mass is 449 g/mol. The van der Waals surface area contributed by atoms with Crippen LogP contribution < -0.4 is 15.5 Å². The first-order chi connectivity index (χ1) is 15.8. The molecule has 2 heterocycles. The van der Waals surface area contributed by atoms with E-state index in [-0.39, 0.29) is 23.7 Å². The molecule has 33 heavy (non-hydrogen) atoms. The molecule has 2 N–H and O–H groups in total. The molecule has 1 atom stereocenters. The Kier molecular flexibility index (Phi) is 6.44. The number of benzene rings is 2. The zero-order valence-electron chi connectivity index (χ0n) is 19.0. The molecule has 0 saturated carbocycles. The quantitative estimate of drug-likeness (QED) is 0.575. The lowest BCUT2D eigenvalue weighted by Gasteiger charge is -2.36. The first-order valence-corrected chi connectivity index (χ1v) is 11.1. The zero-order valence-corrected chi connectivity index (χ0v) is 19.0. The Morgan fingerprint density at radius 3 is 2.52 bits per heavy atom. The Morgan fingerprint density at radius 1 is 1.03 bits per heavy atom. The second-order valence-electron chi connectivity index (χ2n) is 8.48. The molecule has 0 radical (unpaired) electrons. The van der Waals surface area contributed by atoms with Crippen LogP contribution in [-0.2, 0) is 11.2 Å². The van der Waals surface area contributed by atoms with Crippen molar-refractivity contribution in [2.45, 2.75) is 45.7 Å². The summed E-state index contributed by atoms with van der Waals surface area (Å²) in [6, 6.07) is 12.7. The molecule has 1 aliphatic heterocycles. The van der Waals surface area contributed by atoms with E-state index in [0.29, 0.717) is 17.1 Å². The molecule has 2 amide bonds. The number of hydrogen-bond acceptors (Lipinski definition) is 4. The number of hydrogen-bond donors (Lipinski definition) is 2. The van der Waals surface area contributed by atoms with Crippen molar-refractivity contribution in [3.63, 3.8) is 0 Å². The van der Waals surface area contributed by atoms with E-state index in [1.165, 1.54) is 24.3 Å². The van der Waals surface area contributed by atoms with Gasteiger partial charge in [0, 0.05) is 35.6 Å². The van der Waals surface area contributed by atoms with E-state index in [1.807, 2.05) is 39.0 Å². The third kappa shape index (κ3) is 4.74. The summed E-state index contributed by atoms with van der Waals surface area (Å²) in [6.07, 6.45) is 3.32. The molecule has 4 rings (SSSR count). The molecular weight excluding hydrogens is 421 g/mol. The van der Waals surface area contributed by atoms with Crippen molar-refractivity contribution in [1.29, 1.82) is 0 Å². The minimum absolute atomic E-state index is 0.119. The molecular formula is C25H28FN5O2. The molecule has 1 aromatic heterocycles. The number of fused-ring (bicyclic) bond motifs is 1. The van der Waals surface area contributed by atoms with Gasteiger partial charge in [0.1, 0.15) is 17.7 Å². The van der Waals surface area contributed by atoms with Crippen LogP contribution in [0.1, 0.15) is 49.2 Å². The van der Waals surface area contributed by atoms with Gasteiger partial charge in [-0.2, -0.15) is 5.10 Å². The number of carbonyl (C=O) groups is 2. The lowest BCUT2D eigenvalue weighted by molar-refractivity contribution is -0.117. The largest absolute Gasteiger partial charge is 0.359 e. The Balaban J connectivity index is 1.54. The summed E-state index contributed by atoms with van der Waals surface area (Å²) in [5, 5.41) is 10.2. The van der Waals surface area contributed by atoms with Crippen molar-refractivity contribution in [3.8, 4) is 0 Å². The molecule has 2 aromatic carbocycles. The van der Waals surface area contributed by atoms with Gasteiger partial charge in [-0.15, -0.1) is 0 Å². The van der Waals surface area contributed by atoms with Gasteiger partial charge >= 0.3 is 0 Å². The summed E-state index contributed by atoms with van der Waals surface area (Å²) < 4.78 is 15.0. The van der Waals surface area contributed by atoms with E-state index in [4.69, 9.17) is 0 Å². The van der Waals surface area contributed by atoms with Crippen LogP contribution >= 0.6 is 0 Å². The highest BCUT2D eigenvalue weighted by atomic mass is 19.1. The third-order valence-electron chi connectivity index (χ3n) is 5.90. The number of anilines is 3. The van der Waals surface area contributed by atoms with Crippen molar-refractivity contribution in [1.82, 2.24) is 9.78 Å². The summed E-state index contributed by atoms with van der Waals surface area (Å²) in [6.45, 7) is 6.63. The van der Waals surface area contributed by atoms with E-state index in [9.17, 15) is 14.0 Å². The van der Waals surface area contributed by atoms with Gasteiger partial charge in [-0.25, -0.2) is 9.07 Å². The molecule has 1 unspecified atom stereocenters. The smallest absolute Gasteiger partial charge is 0.255 e. The Bertz CT molecular complexity index is 1160. The molecule has 0 aliphatic carbocycles. The van der Waals surface area contributed by atoms with Gasteiger partial charge in [-0.1, -0.05) is 6.07 Å². The highest BCUT2D eigenvalue weighted by Crippen LogP contribution is 2.34. The minimum Gasteiger partial charge on any atom is -0.359 e. The predicted octanol–water partition coefficient (Wildman–Crippen LogP) is 4.64. The van der Waals surface area contributed by atoms with Crippen LogP contribution in [0.5, 0.6) is 0 Å². The standard InChI is InChI=1S/C25H28FN5O2/c1-16(2)31-23(13-14-27-31)29-24(32)17(3)30-15-5-6-20-21(7-4-8-22(20)30)28-25(33)18-9-11-19(26)12-10-18/h4,7-14,16-17H,5-6,15H2,1-3H3,(H,28,33)(H,29,32). The summed E-state index contributed by atoms with van der Waals surface area (Å²) in [7, 11) is 0. The topological polar surface area (TPSA) is 79.3 Å². The number of halogens is 1. The minimum atomic E-state index is -0.414. The van der Waals surface area contributed by atoms with Gasteiger partial charge in [0.05, 0.1) is 6.20 Å². The fourth-order valence-electron chi connectivity index (χ4n) is 4.17. The van der Waals surface area contributed by atoms with Gasteiger partial charge < -0.3 is 15.5 Å². The van der Waals surface area contributed by atoms with Crippen molar-refractivity contribution in [3.05, 3.63) is 71.7 Å². The van der Waals surface area contributed by atoms with Crippen molar-refractivity contribution in [2.24, 2.45) is 0 Å². The maximum absolute atomic E-state index is 13.2. The summed E-state index contributed by atoms with van der Waals surface area (Å²) in [4.78, 5) is 27.8. The average molecular weight is 450 g/mol. The number of rotatable bonds is 6. The van der Waals surface area contributed by atoms with Gasteiger partial charge in [-0.05, 0) is 75.6 Å². The van der Waals surface area contributed by atoms with Gasteiger partial charge in [0.15, 0.2) is 0 Å². The Morgan fingerprint density at radius 2 is 1.79 bits per heavy atom. The molecule has 8 heteroatoms. The number of carbonyl (C=O) groups excluding carboxylic acids is 2. The SMILES string of the molecule is CC(C(=O)Nc1ccnn1C(C)C)N1CCCc2c(NC(=O)c3ccc(F)cc3)cccc21.